The van der Waals surface area contributed by atoms with E-state index in [1.54, 1.807) is 12.3 Å². The number of hydrogen-bond acceptors (Lipinski definition) is 4. The molecule has 0 spiro atoms. The lowest BCUT2D eigenvalue weighted by molar-refractivity contribution is -0.141. The van der Waals surface area contributed by atoms with Gasteiger partial charge in [0.05, 0.1) is 0 Å². The standard InChI is InChI=1S/C13H20N2O2/c1-4-13(3,17-5-2)11(16)9-10-7-6-8-15-12(10)14/h6-8H,4-5,9H2,1-3H3,(H2,14,15). The van der Waals surface area contributed by atoms with Crippen molar-refractivity contribution in [2.75, 3.05) is 12.3 Å². The lowest BCUT2D eigenvalue weighted by Gasteiger charge is -2.26. The number of nitrogens with two attached hydrogens (primary N) is 1. The van der Waals surface area contributed by atoms with E-state index in [1.807, 2.05) is 26.8 Å². The van der Waals surface area contributed by atoms with Gasteiger partial charge in [0.2, 0.25) is 0 Å². The zero-order valence-corrected chi connectivity index (χ0v) is 10.7. The van der Waals surface area contributed by atoms with E-state index >= 15 is 0 Å². The molecule has 1 unspecified atom stereocenters. The number of nitrogen functional groups attached to an aromatic ring is 1. The molecule has 0 fully saturated rings. The van der Waals surface area contributed by atoms with Crippen molar-refractivity contribution in [1.29, 1.82) is 0 Å². The Bertz CT molecular complexity index is 393. The quantitative estimate of drug-likeness (QED) is 0.820. The van der Waals surface area contributed by atoms with E-state index in [0.29, 0.717) is 18.8 Å². The predicted octanol–water partition coefficient (Wildman–Crippen LogP) is 1.98. The Kier molecular flexibility index (Phi) is 4.63. The second-order valence-corrected chi connectivity index (χ2v) is 4.17. The SMILES string of the molecule is CCOC(C)(CC)C(=O)Cc1cccnc1N. The molecule has 1 rings (SSSR count). The fraction of sp³-hybridized carbons (Fsp3) is 0.538. The first-order valence-corrected chi connectivity index (χ1v) is 5.90. The van der Waals surface area contributed by atoms with Crippen LogP contribution in [0.25, 0.3) is 0 Å². The minimum atomic E-state index is -0.725. The lowest BCUT2D eigenvalue weighted by atomic mass is 9.92. The first-order valence-electron chi connectivity index (χ1n) is 5.90. The number of carbonyl (C=O) groups excluding carboxylic acids is 1. The first-order chi connectivity index (χ1) is 8.03. The molecule has 0 aromatic carbocycles. The molecule has 0 aliphatic rings. The molecule has 17 heavy (non-hydrogen) atoms. The third-order valence-electron chi connectivity index (χ3n) is 3.00. The van der Waals surface area contributed by atoms with E-state index in [2.05, 4.69) is 4.98 Å². The lowest BCUT2D eigenvalue weighted by Crippen LogP contribution is -2.39. The summed E-state index contributed by atoms with van der Waals surface area (Å²) in [6, 6.07) is 3.60. The summed E-state index contributed by atoms with van der Waals surface area (Å²) in [7, 11) is 0. The third kappa shape index (κ3) is 3.27. The van der Waals surface area contributed by atoms with Gasteiger partial charge >= 0.3 is 0 Å². The molecule has 1 atom stereocenters. The van der Waals surface area contributed by atoms with Gasteiger partial charge in [0.15, 0.2) is 5.78 Å². The van der Waals surface area contributed by atoms with Gasteiger partial charge in [-0.2, -0.15) is 0 Å². The van der Waals surface area contributed by atoms with Crippen LogP contribution in [0.5, 0.6) is 0 Å². The molecular formula is C13H20N2O2. The summed E-state index contributed by atoms with van der Waals surface area (Å²) in [5.41, 5.74) is 5.76. The predicted molar refractivity (Wildman–Crippen MR) is 67.7 cm³/mol. The number of rotatable bonds is 6. The third-order valence-corrected chi connectivity index (χ3v) is 3.00. The zero-order valence-electron chi connectivity index (χ0n) is 10.7. The van der Waals surface area contributed by atoms with Crippen molar-refractivity contribution in [3.8, 4) is 0 Å². The zero-order chi connectivity index (χ0) is 12.9. The summed E-state index contributed by atoms with van der Waals surface area (Å²) in [5.74, 6) is 0.456. The summed E-state index contributed by atoms with van der Waals surface area (Å²) in [6.45, 7) is 6.18. The fourth-order valence-electron chi connectivity index (χ4n) is 1.66. The van der Waals surface area contributed by atoms with Crippen molar-refractivity contribution in [1.82, 2.24) is 4.98 Å². The maximum Gasteiger partial charge on any atom is 0.168 e. The van der Waals surface area contributed by atoms with E-state index in [4.69, 9.17) is 10.5 Å². The average Bonchev–Trinajstić information content (AvgIpc) is 2.32. The van der Waals surface area contributed by atoms with Gasteiger partial charge in [-0.05, 0) is 26.3 Å². The molecule has 1 heterocycles. The molecule has 0 aliphatic carbocycles. The number of pyridine rings is 1. The van der Waals surface area contributed by atoms with Crippen LogP contribution in [0, 0.1) is 0 Å². The van der Waals surface area contributed by atoms with Crippen LogP contribution < -0.4 is 5.73 Å². The smallest absolute Gasteiger partial charge is 0.168 e. The van der Waals surface area contributed by atoms with Crippen LogP contribution in [0.4, 0.5) is 5.82 Å². The van der Waals surface area contributed by atoms with Gasteiger partial charge in [0, 0.05) is 24.8 Å². The van der Waals surface area contributed by atoms with Crippen LogP contribution in [0.15, 0.2) is 18.3 Å². The second-order valence-electron chi connectivity index (χ2n) is 4.17. The number of aromatic nitrogens is 1. The molecular weight excluding hydrogens is 216 g/mol. The molecule has 0 bridgehead atoms. The molecule has 4 heteroatoms. The summed E-state index contributed by atoms with van der Waals surface area (Å²) >= 11 is 0. The van der Waals surface area contributed by atoms with E-state index in [-0.39, 0.29) is 12.2 Å². The van der Waals surface area contributed by atoms with Gasteiger partial charge in [-0.25, -0.2) is 4.98 Å². The van der Waals surface area contributed by atoms with E-state index < -0.39 is 5.60 Å². The summed E-state index contributed by atoms with van der Waals surface area (Å²) < 4.78 is 5.54. The summed E-state index contributed by atoms with van der Waals surface area (Å²) in [6.07, 6.45) is 2.54. The van der Waals surface area contributed by atoms with Crippen LogP contribution in [0.3, 0.4) is 0 Å². The highest BCUT2D eigenvalue weighted by molar-refractivity contribution is 5.89. The molecule has 1 aromatic heterocycles. The Morgan fingerprint density at radius 3 is 2.76 bits per heavy atom. The van der Waals surface area contributed by atoms with E-state index in [1.165, 1.54) is 0 Å². The first kappa shape index (κ1) is 13.6. The van der Waals surface area contributed by atoms with Gasteiger partial charge in [-0.1, -0.05) is 13.0 Å². The van der Waals surface area contributed by atoms with Crippen molar-refractivity contribution >= 4 is 11.6 Å². The van der Waals surface area contributed by atoms with Crippen molar-refractivity contribution in [2.45, 2.75) is 39.2 Å². The highest BCUT2D eigenvalue weighted by atomic mass is 16.5. The number of hydrogen-bond donors (Lipinski definition) is 1. The fourth-order valence-corrected chi connectivity index (χ4v) is 1.66. The topological polar surface area (TPSA) is 65.2 Å². The van der Waals surface area contributed by atoms with Crippen LogP contribution in [-0.2, 0) is 16.0 Å². The Morgan fingerprint density at radius 1 is 1.53 bits per heavy atom. The van der Waals surface area contributed by atoms with E-state index in [9.17, 15) is 4.79 Å². The van der Waals surface area contributed by atoms with Gasteiger partial charge < -0.3 is 10.5 Å². The molecule has 0 saturated heterocycles. The van der Waals surface area contributed by atoms with Crippen molar-refractivity contribution in [2.24, 2.45) is 0 Å². The Hall–Kier alpha value is -1.42. The number of ether oxygens (including phenoxy) is 1. The molecule has 2 N–H and O–H groups in total. The minimum Gasteiger partial charge on any atom is -0.383 e. The average molecular weight is 236 g/mol. The highest BCUT2D eigenvalue weighted by Gasteiger charge is 2.31. The highest BCUT2D eigenvalue weighted by Crippen LogP contribution is 2.20. The molecule has 94 valence electrons. The largest absolute Gasteiger partial charge is 0.383 e. The number of anilines is 1. The Labute approximate surface area is 102 Å². The number of ketones is 1. The van der Waals surface area contributed by atoms with E-state index in [0.717, 1.165) is 5.56 Å². The Morgan fingerprint density at radius 2 is 2.24 bits per heavy atom. The van der Waals surface area contributed by atoms with Crippen LogP contribution in [0.2, 0.25) is 0 Å². The van der Waals surface area contributed by atoms with Crippen LogP contribution >= 0.6 is 0 Å². The van der Waals surface area contributed by atoms with Gasteiger partial charge in [-0.3, -0.25) is 4.79 Å². The number of nitrogens with zero attached hydrogens (tertiary/aromatic N) is 1. The van der Waals surface area contributed by atoms with Gasteiger partial charge in [-0.15, -0.1) is 0 Å². The van der Waals surface area contributed by atoms with Crippen LogP contribution in [0.1, 0.15) is 32.8 Å². The molecule has 1 aromatic rings. The summed E-state index contributed by atoms with van der Waals surface area (Å²) in [4.78, 5) is 16.2. The Balaban J connectivity index is 2.81. The molecule has 0 amide bonds. The van der Waals surface area contributed by atoms with Crippen molar-refractivity contribution in [3.05, 3.63) is 23.9 Å². The monoisotopic (exact) mass is 236 g/mol. The van der Waals surface area contributed by atoms with Gasteiger partial charge in [0.1, 0.15) is 11.4 Å². The molecule has 4 nitrogen and oxygen atoms in total. The van der Waals surface area contributed by atoms with Crippen LogP contribution in [-0.4, -0.2) is 23.0 Å². The molecule has 0 radical (unpaired) electrons. The maximum absolute atomic E-state index is 12.2. The number of Topliss-reactive ketones (excluding diaryl/α,β-unsaturated/α-hetero) is 1. The summed E-state index contributed by atoms with van der Waals surface area (Å²) in [5, 5.41) is 0. The number of carbonyl (C=O) groups is 1. The minimum absolute atomic E-state index is 0.0431. The van der Waals surface area contributed by atoms with Crippen molar-refractivity contribution < 1.29 is 9.53 Å². The van der Waals surface area contributed by atoms with Gasteiger partial charge in [0.25, 0.3) is 0 Å². The normalized spacial score (nSPS) is 14.3. The molecule has 0 saturated carbocycles. The van der Waals surface area contributed by atoms with Crippen molar-refractivity contribution in [3.63, 3.8) is 0 Å². The molecule has 0 aliphatic heterocycles. The maximum atomic E-state index is 12.2. The second kappa shape index (κ2) is 5.77.